The van der Waals surface area contributed by atoms with Crippen LogP contribution in [-0.4, -0.2) is 19.1 Å². The summed E-state index contributed by atoms with van der Waals surface area (Å²) in [7, 11) is 0. The third kappa shape index (κ3) is 4.89. The molecule has 1 amide bonds. The number of nitrogens with one attached hydrogen (secondary N) is 1. The molecule has 0 spiro atoms. The smallest absolute Gasteiger partial charge is 0.250 e. The van der Waals surface area contributed by atoms with Crippen molar-refractivity contribution in [2.75, 3.05) is 24.3 Å². The van der Waals surface area contributed by atoms with Crippen LogP contribution >= 0.6 is 0 Å². The number of halogens is 1. The topological polar surface area (TPSA) is 64.3 Å². The van der Waals surface area contributed by atoms with Gasteiger partial charge in [-0.2, -0.15) is 0 Å². The third-order valence-electron chi connectivity index (χ3n) is 2.90. The van der Waals surface area contributed by atoms with Crippen LogP contribution in [0.25, 0.3) is 0 Å². The lowest BCUT2D eigenvalue weighted by Gasteiger charge is -2.08. The molecular formula is C16H17FN2O2. The summed E-state index contributed by atoms with van der Waals surface area (Å²) in [6.07, 6.45) is 0.732. The van der Waals surface area contributed by atoms with Crippen LogP contribution in [0.4, 0.5) is 15.8 Å². The second kappa shape index (κ2) is 7.40. The van der Waals surface area contributed by atoms with Gasteiger partial charge in [0.15, 0.2) is 0 Å². The van der Waals surface area contributed by atoms with E-state index in [2.05, 4.69) is 5.32 Å². The Morgan fingerprint density at radius 3 is 2.71 bits per heavy atom. The number of rotatable bonds is 6. The van der Waals surface area contributed by atoms with Gasteiger partial charge < -0.3 is 15.8 Å². The number of carbonyl (C=O) groups excluding carboxylic acids is 1. The second-order valence-electron chi connectivity index (χ2n) is 4.57. The van der Waals surface area contributed by atoms with E-state index >= 15 is 0 Å². The summed E-state index contributed by atoms with van der Waals surface area (Å²) < 4.78 is 18.3. The summed E-state index contributed by atoms with van der Waals surface area (Å²) in [6.45, 7) is 0.346. The number of amides is 1. The average Bonchev–Trinajstić information content (AvgIpc) is 2.48. The number of benzene rings is 2. The molecule has 4 nitrogen and oxygen atoms in total. The molecule has 21 heavy (non-hydrogen) atoms. The summed E-state index contributed by atoms with van der Waals surface area (Å²) in [4.78, 5) is 11.7. The minimum absolute atomic E-state index is 0.0945. The molecule has 0 heterocycles. The number of carbonyl (C=O) groups is 1. The molecule has 0 aliphatic rings. The highest BCUT2D eigenvalue weighted by molar-refractivity contribution is 5.94. The molecule has 0 unspecified atom stereocenters. The van der Waals surface area contributed by atoms with Gasteiger partial charge in [0.2, 0.25) is 5.91 Å². The van der Waals surface area contributed by atoms with Gasteiger partial charge in [-0.25, -0.2) is 4.39 Å². The van der Waals surface area contributed by atoms with E-state index in [1.54, 1.807) is 0 Å². The third-order valence-corrected chi connectivity index (χ3v) is 2.90. The zero-order valence-corrected chi connectivity index (χ0v) is 11.5. The number of ether oxygens (including phenoxy) is 1. The van der Waals surface area contributed by atoms with Crippen LogP contribution in [0, 0.1) is 5.82 Å². The molecule has 5 heteroatoms. The van der Waals surface area contributed by atoms with Crippen molar-refractivity contribution in [3.05, 3.63) is 59.9 Å². The normalized spacial score (nSPS) is 10.3. The minimum atomic E-state index is -0.454. The molecule has 2 aromatic rings. The molecule has 2 rings (SSSR count). The fourth-order valence-electron chi connectivity index (χ4n) is 1.82. The largest absolute Gasteiger partial charge is 0.397 e. The van der Waals surface area contributed by atoms with Gasteiger partial charge in [0, 0.05) is 0 Å². The SMILES string of the molecule is Nc1ccc(F)cc1NC(=O)COCCc1ccccc1. The van der Waals surface area contributed by atoms with E-state index in [1.807, 2.05) is 30.3 Å². The van der Waals surface area contributed by atoms with Crippen LogP contribution in [0.5, 0.6) is 0 Å². The van der Waals surface area contributed by atoms with Crippen molar-refractivity contribution < 1.29 is 13.9 Å². The summed E-state index contributed by atoms with van der Waals surface area (Å²) in [6, 6.07) is 13.7. The molecule has 3 N–H and O–H groups in total. The summed E-state index contributed by atoms with van der Waals surface area (Å²) in [5, 5.41) is 2.52. The standard InChI is InChI=1S/C16H17FN2O2/c17-13-6-7-14(18)15(10-13)19-16(20)11-21-9-8-12-4-2-1-3-5-12/h1-7,10H,8-9,11,18H2,(H,19,20). The lowest BCUT2D eigenvalue weighted by atomic mass is 10.2. The highest BCUT2D eigenvalue weighted by Crippen LogP contribution is 2.18. The van der Waals surface area contributed by atoms with Crippen LogP contribution in [0.15, 0.2) is 48.5 Å². The van der Waals surface area contributed by atoms with E-state index < -0.39 is 5.82 Å². The molecule has 0 saturated carbocycles. The van der Waals surface area contributed by atoms with Crippen LogP contribution in [0.2, 0.25) is 0 Å². The van der Waals surface area contributed by atoms with Crippen molar-refractivity contribution >= 4 is 17.3 Å². The Morgan fingerprint density at radius 2 is 1.95 bits per heavy atom. The lowest BCUT2D eigenvalue weighted by molar-refractivity contribution is -0.120. The molecule has 2 aromatic carbocycles. The fraction of sp³-hybridized carbons (Fsp3) is 0.188. The first-order valence-corrected chi connectivity index (χ1v) is 6.61. The van der Waals surface area contributed by atoms with Gasteiger partial charge >= 0.3 is 0 Å². The molecule has 0 saturated heterocycles. The quantitative estimate of drug-likeness (QED) is 0.634. The van der Waals surface area contributed by atoms with E-state index in [4.69, 9.17) is 10.5 Å². The average molecular weight is 288 g/mol. The van der Waals surface area contributed by atoms with Crippen molar-refractivity contribution in [3.63, 3.8) is 0 Å². The Balaban J connectivity index is 1.74. The predicted octanol–water partition coefficient (Wildman–Crippen LogP) is 2.61. The van der Waals surface area contributed by atoms with E-state index in [0.29, 0.717) is 12.3 Å². The highest BCUT2D eigenvalue weighted by Gasteiger charge is 2.06. The van der Waals surface area contributed by atoms with Crippen LogP contribution < -0.4 is 11.1 Å². The lowest BCUT2D eigenvalue weighted by Crippen LogP contribution is -2.19. The van der Waals surface area contributed by atoms with E-state index in [9.17, 15) is 9.18 Å². The minimum Gasteiger partial charge on any atom is -0.397 e. The monoisotopic (exact) mass is 288 g/mol. The molecule has 0 bridgehead atoms. The maximum Gasteiger partial charge on any atom is 0.250 e. The summed E-state index contributed by atoms with van der Waals surface area (Å²) in [5.74, 6) is -0.815. The van der Waals surface area contributed by atoms with Crippen LogP contribution in [0.1, 0.15) is 5.56 Å². The summed E-state index contributed by atoms with van der Waals surface area (Å²) >= 11 is 0. The summed E-state index contributed by atoms with van der Waals surface area (Å²) in [5.41, 5.74) is 7.36. The Labute approximate surface area is 122 Å². The van der Waals surface area contributed by atoms with Crippen molar-refractivity contribution in [1.29, 1.82) is 0 Å². The molecule has 0 fully saturated rings. The van der Waals surface area contributed by atoms with Gasteiger partial charge in [0.1, 0.15) is 12.4 Å². The van der Waals surface area contributed by atoms with Gasteiger partial charge in [-0.15, -0.1) is 0 Å². The first kappa shape index (κ1) is 15.0. The first-order valence-electron chi connectivity index (χ1n) is 6.61. The Hall–Kier alpha value is -2.40. The molecular weight excluding hydrogens is 271 g/mol. The van der Waals surface area contributed by atoms with Gasteiger partial charge in [-0.05, 0) is 30.2 Å². The molecule has 0 radical (unpaired) electrons. The maximum atomic E-state index is 13.1. The highest BCUT2D eigenvalue weighted by atomic mass is 19.1. The van der Waals surface area contributed by atoms with Crippen molar-refractivity contribution in [1.82, 2.24) is 0 Å². The van der Waals surface area contributed by atoms with Crippen molar-refractivity contribution in [3.8, 4) is 0 Å². The Morgan fingerprint density at radius 1 is 1.19 bits per heavy atom. The number of nitrogen functional groups attached to an aromatic ring is 1. The van der Waals surface area contributed by atoms with Crippen LogP contribution in [-0.2, 0) is 16.0 Å². The van der Waals surface area contributed by atoms with Crippen molar-refractivity contribution in [2.24, 2.45) is 0 Å². The molecule has 0 atom stereocenters. The number of anilines is 2. The van der Waals surface area contributed by atoms with E-state index in [0.717, 1.165) is 12.0 Å². The number of hydrogen-bond acceptors (Lipinski definition) is 3. The zero-order valence-electron chi connectivity index (χ0n) is 11.5. The number of nitrogens with two attached hydrogens (primary N) is 1. The van der Waals surface area contributed by atoms with E-state index in [-0.39, 0.29) is 18.2 Å². The second-order valence-corrected chi connectivity index (χ2v) is 4.57. The molecule has 0 aliphatic carbocycles. The molecule has 0 aliphatic heterocycles. The van der Waals surface area contributed by atoms with E-state index in [1.165, 1.54) is 18.2 Å². The van der Waals surface area contributed by atoms with Gasteiger partial charge in [-0.3, -0.25) is 4.79 Å². The molecule has 110 valence electrons. The van der Waals surface area contributed by atoms with Crippen LogP contribution in [0.3, 0.4) is 0 Å². The van der Waals surface area contributed by atoms with Gasteiger partial charge in [0.05, 0.1) is 18.0 Å². The maximum absolute atomic E-state index is 13.1. The van der Waals surface area contributed by atoms with Gasteiger partial charge in [-0.1, -0.05) is 30.3 Å². The Kier molecular flexibility index (Phi) is 5.29. The first-order chi connectivity index (χ1) is 10.1. The number of hydrogen-bond donors (Lipinski definition) is 2. The van der Waals surface area contributed by atoms with Crippen molar-refractivity contribution in [2.45, 2.75) is 6.42 Å². The zero-order chi connectivity index (χ0) is 15.1. The van der Waals surface area contributed by atoms with Gasteiger partial charge in [0.25, 0.3) is 0 Å². The molecule has 0 aromatic heterocycles. The Bertz CT molecular complexity index is 602. The fourth-order valence-corrected chi connectivity index (χ4v) is 1.82. The predicted molar refractivity (Wildman–Crippen MR) is 80.4 cm³/mol.